The Bertz CT molecular complexity index is 313. The van der Waals surface area contributed by atoms with E-state index in [-0.39, 0.29) is 0 Å². The topological polar surface area (TPSA) is 26.0 Å². The molecule has 0 N–H and O–H groups in total. The fraction of sp³-hybridized carbons (Fsp3) is 0. The average Bonchev–Trinajstić information content (AvgIpc) is 2.58. The molecular formula is C9H6NO. The molecule has 53 valence electrons. The number of hydrogen-bond acceptors (Lipinski definition) is 2. The van der Waals surface area contributed by atoms with E-state index in [1.165, 1.54) is 6.39 Å². The third-order valence-electron chi connectivity index (χ3n) is 1.45. The Kier molecular flexibility index (Phi) is 1.44. The maximum Gasteiger partial charge on any atom is 0.181 e. The molecule has 2 aromatic rings. The van der Waals surface area contributed by atoms with Gasteiger partial charge in [-0.15, -0.1) is 0 Å². The molecule has 0 amide bonds. The van der Waals surface area contributed by atoms with Crippen molar-refractivity contribution in [3.8, 4) is 11.3 Å². The number of oxazole rings is 1. The van der Waals surface area contributed by atoms with Crippen molar-refractivity contribution in [3.05, 3.63) is 43.0 Å². The summed E-state index contributed by atoms with van der Waals surface area (Å²) in [6.07, 6.45) is 3.04. The zero-order valence-corrected chi connectivity index (χ0v) is 5.82. The van der Waals surface area contributed by atoms with E-state index in [0.29, 0.717) is 0 Å². The molecule has 2 heteroatoms. The Hall–Kier alpha value is -1.57. The van der Waals surface area contributed by atoms with E-state index in [1.54, 1.807) is 6.26 Å². The van der Waals surface area contributed by atoms with Crippen LogP contribution in [0.3, 0.4) is 0 Å². The lowest BCUT2D eigenvalue weighted by Crippen LogP contribution is -1.73. The molecule has 0 fully saturated rings. The van der Waals surface area contributed by atoms with E-state index in [0.717, 1.165) is 11.3 Å². The number of benzene rings is 1. The molecule has 1 aromatic carbocycles. The molecule has 0 spiro atoms. The van der Waals surface area contributed by atoms with Gasteiger partial charge >= 0.3 is 0 Å². The predicted molar refractivity (Wildman–Crippen MR) is 40.8 cm³/mol. The van der Waals surface area contributed by atoms with Gasteiger partial charge in [0.15, 0.2) is 6.39 Å². The Labute approximate surface area is 64.5 Å². The van der Waals surface area contributed by atoms with Gasteiger partial charge < -0.3 is 4.42 Å². The first-order valence-corrected chi connectivity index (χ1v) is 3.31. The highest BCUT2D eigenvalue weighted by Gasteiger charge is 1.96. The third kappa shape index (κ3) is 1.15. The summed E-state index contributed by atoms with van der Waals surface area (Å²) in [6.45, 7) is 0. The zero-order valence-electron chi connectivity index (χ0n) is 5.82. The standard InChI is InChI=1S/C9H6NO/c1-2-4-8(5-3-1)9-6-11-7-10-9/h2-7H. The SMILES string of the molecule is [c]1ccc(-c2cocn2)cc1. The van der Waals surface area contributed by atoms with Gasteiger partial charge in [0.2, 0.25) is 0 Å². The molecule has 11 heavy (non-hydrogen) atoms. The summed E-state index contributed by atoms with van der Waals surface area (Å²) in [5.74, 6) is 0. The Morgan fingerprint density at radius 2 is 2.09 bits per heavy atom. The minimum absolute atomic E-state index is 0.860. The van der Waals surface area contributed by atoms with Gasteiger partial charge in [-0.05, 0) is 6.07 Å². The summed E-state index contributed by atoms with van der Waals surface area (Å²) in [7, 11) is 0. The summed E-state index contributed by atoms with van der Waals surface area (Å²) in [4.78, 5) is 4.01. The van der Waals surface area contributed by atoms with Crippen molar-refractivity contribution in [1.82, 2.24) is 4.98 Å². The van der Waals surface area contributed by atoms with E-state index >= 15 is 0 Å². The van der Waals surface area contributed by atoms with Crippen molar-refractivity contribution < 1.29 is 4.42 Å². The van der Waals surface area contributed by atoms with Crippen molar-refractivity contribution in [2.45, 2.75) is 0 Å². The molecule has 2 rings (SSSR count). The van der Waals surface area contributed by atoms with Gasteiger partial charge in [-0.3, -0.25) is 0 Å². The summed E-state index contributed by atoms with van der Waals surface area (Å²) in [5.41, 5.74) is 1.91. The molecule has 0 atom stereocenters. The van der Waals surface area contributed by atoms with Crippen LogP contribution in [0, 0.1) is 6.07 Å². The zero-order chi connectivity index (χ0) is 7.52. The first-order chi connectivity index (χ1) is 5.47. The molecule has 0 saturated heterocycles. The van der Waals surface area contributed by atoms with Gasteiger partial charge in [0.1, 0.15) is 12.0 Å². The van der Waals surface area contributed by atoms with Crippen LogP contribution in [0.4, 0.5) is 0 Å². The smallest absolute Gasteiger partial charge is 0.181 e. The molecule has 0 bridgehead atoms. The van der Waals surface area contributed by atoms with Crippen molar-refractivity contribution in [3.63, 3.8) is 0 Å². The highest BCUT2D eigenvalue weighted by Crippen LogP contribution is 2.14. The highest BCUT2D eigenvalue weighted by molar-refractivity contribution is 5.56. The van der Waals surface area contributed by atoms with Crippen LogP contribution < -0.4 is 0 Å². The van der Waals surface area contributed by atoms with Crippen molar-refractivity contribution in [1.29, 1.82) is 0 Å². The monoisotopic (exact) mass is 144 g/mol. The fourth-order valence-electron chi connectivity index (χ4n) is 0.913. The second-order valence-electron chi connectivity index (χ2n) is 2.16. The van der Waals surface area contributed by atoms with E-state index in [4.69, 9.17) is 4.42 Å². The number of hydrogen-bond donors (Lipinski definition) is 0. The lowest BCUT2D eigenvalue weighted by Gasteiger charge is -1.90. The van der Waals surface area contributed by atoms with Crippen LogP contribution in [-0.2, 0) is 0 Å². The average molecular weight is 144 g/mol. The van der Waals surface area contributed by atoms with Gasteiger partial charge in [0, 0.05) is 5.56 Å². The molecule has 0 aliphatic carbocycles. The second-order valence-corrected chi connectivity index (χ2v) is 2.16. The molecule has 2 nitrogen and oxygen atoms in total. The maximum absolute atomic E-state index is 4.85. The molecule has 1 aromatic heterocycles. The second kappa shape index (κ2) is 2.58. The molecule has 1 heterocycles. The van der Waals surface area contributed by atoms with Crippen LogP contribution in [0.1, 0.15) is 0 Å². The molecule has 0 aliphatic heterocycles. The lowest BCUT2D eigenvalue weighted by molar-refractivity contribution is 0.558. The van der Waals surface area contributed by atoms with Crippen LogP contribution >= 0.6 is 0 Å². The molecule has 1 radical (unpaired) electrons. The van der Waals surface area contributed by atoms with Crippen LogP contribution in [0.2, 0.25) is 0 Å². The maximum atomic E-state index is 4.85. The first kappa shape index (κ1) is 6.16. The number of nitrogens with zero attached hydrogens (tertiary/aromatic N) is 1. The first-order valence-electron chi connectivity index (χ1n) is 3.31. The van der Waals surface area contributed by atoms with Crippen LogP contribution in [0.15, 0.2) is 41.3 Å². The van der Waals surface area contributed by atoms with E-state index < -0.39 is 0 Å². The Balaban J connectivity index is 2.46. The number of rotatable bonds is 1. The molecular weight excluding hydrogens is 138 g/mol. The molecule has 0 saturated carbocycles. The largest absolute Gasteiger partial charge is 0.451 e. The van der Waals surface area contributed by atoms with Crippen molar-refractivity contribution >= 4 is 0 Å². The normalized spacial score (nSPS) is 9.82. The van der Waals surface area contributed by atoms with Crippen LogP contribution in [-0.4, -0.2) is 4.98 Å². The van der Waals surface area contributed by atoms with Crippen LogP contribution in [0.5, 0.6) is 0 Å². The van der Waals surface area contributed by atoms with Gasteiger partial charge in [0.05, 0.1) is 0 Å². The van der Waals surface area contributed by atoms with Crippen LogP contribution in [0.25, 0.3) is 11.3 Å². The molecule has 0 unspecified atom stereocenters. The number of aromatic nitrogens is 1. The minimum atomic E-state index is 0.860. The summed E-state index contributed by atoms with van der Waals surface area (Å²) in [5, 5.41) is 0. The fourth-order valence-corrected chi connectivity index (χ4v) is 0.913. The minimum Gasteiger partial charge on any atom is -0.451 e. The van der Waals surface area contributed by atoms with Gasteiger partial charge in [-0.2, -0.15) is 0 Å². The van der Waals surface area contributed by atoms with Gasteiger partial charge in [0.25, 0.3) is 0 Å². The quantitative estimate of drug-likeness (QED) is 0.612. The lowest BCUT2D eigenvalue weighted by atomic mass is 10.2. The van der Waals surface area contributed by atoms with Gasteiger partial charge in [-0.1, -0.05) is 24.3 Å². The van der Waals surface area contributed by atoms with Crippen molar-refractivity contribution in [2.24, 2.45) is 0 Å². The summed E-state index contributed by atoms with van der Waals surface area (Å²) >= 11 is 0. The van der Waals surface area contributed by atoms with Crippen molar-refractivity contribution in [2.75, 3.05) is 0 Å². The molecule has 0 aliphatic rings. The van der Waals surface area contributed by atoms with E-state index in [9.17, 15) is 0 Å². The predicted octanol–water partition coefficient (Wildman–Crippen LogP) is 2.14. The van der Waals surface area contributed by atoms with E-state index in [2.05, 4.69) is 11.1 Å². The third-order valence-corrected chi connectivity index (χ3v) is 1.45. The summed E-state index contributed by atoms with van der Waals surface area (Å²) in [6, 6.07) is 10.5. The summed E-state index contributed by atoms with van der Waals surface area (Å²) < 4.78 is 4.85. The highest BCUT2D eigenvalue weighted by atomic mass is 16.3. The Morgan fingerprint density at radius 3 is 2.73 bits per heavy atom. The van der Waals surface area contributed by atoms with Gasteiger partial charge in [-0.25, -0.2) is 4.98 Å². The Morgan fingerprint density at radius 1 is 1.27 bits per heavy atom. The van der Waals surface area contributed by atoms with E-state index in [1.807, 2.05) is 24.3 Å².